The van der Waals surface area contributed by atoms with Crippen LogP contribution in [0.5, 0.6) is 0 Å². The van der Waals surface area contributed by atoms with E-state index in [2.05, 4.69) is 11.8 Å². The lowest BCUT2D eigenvalue weighted by molar-refractivity contribution is 0.117. The van der Waals surface area contributed by atoms with E-state index in [4.69, 9.17) is 4.18 Å². The smallest absolute Gasteiger partial charge is 0.254 e. The second-order valence-electron chi connectivity index (χ2n) is 10.1. The van der Waals surface area contributed by atoms with E-state index in [1.54, 1.807) is 60.7 Å². The molecule has 1 aliphatic carbocycles. The number of benzene rings is 3. The number of para-hydroxylation sites is 1. The number of hydrogen-bond donors (Lipinski definition) is 0. The Kier molecular flexibility index (Phi) is 8.31. The summed E-state index contributed by atoms with van der Waals surface area (Å²) in [5, 5.41) is 0. The van der Waals surface area contributed by atoms with Crippen LogP contribution in [0, 0.1) is 31.1 Å². The Morgan fingerprint density at radius 1 is 0.816 bits per heavy atom. The molecule has 3 aromatic rings. The van der Waals surface area contributed by atoms with Crippen LogP contribution in [0.2, 0.25) is 0 Å². The van der Waals surface area contributed by atoms with Gasteiger partial charge in [-0.3, -0.25) is 4.31 Å². The van der Waals surface area contributed by atoms with Gasteiger partial charge in [0.2, 0.25) is 0 Å². The molecular formula is C30H33NO5S2. The molecule has 0 saturated heterocycles. The van der Waals surface area contributed by atoms with E-state index in [9.17, 15) is 16.8 Å². The highest BCUT2D eigenvalue weighted by Gasteiger charge is 2.40. The highest BCUT2D eigenvalue weighted by atomic mass is 32.2. The number of anilines is 1. The first-order valence-corrected chi connectivity index (χ1v) is 15.5. The lowest BCUT2D eigenvalue weighted by Crippen LogP contribution is -2.34. The Hall–Kier alpha value is -3.12. The van der Waals surface area contributed by atoms with Gasteiger partial charge in [0.1, 0.15) is 6.10 Å². The van der Waals surface area contributed by atoms with E-state index in [0.717, 1.165) is 36.8 Å². The largest absolute Gasteiger partial charge is 0.298 e. The fraction of sp³-hybridized carbons (Fsp3) is 0.333. The van der Waals surface area contributed by atoms with Crippen molar-refractivity contribution in [1.29, 1.82) is 0 Å². The van der Waals surface area contributed by atoms with Crippen molar-refractivity contribution in [3.05, 3.63) is 90.0 Å². The van der Waals surface area contributed by atoms with E-state index in [1.165, 1.54) is 16.4 Å². The van der Waals surface area contributed by atoms with Crippen LogP contribution in [0.3, 0.4) is 0 Å². The molecule has 1 fully saturated rings. The molecule has 6 nitrogen and oxygen atoms in total. The molecule has 38 heavy (non-hydrogen) atoms. The predicted octanol–water partition coefficient (Wildman–Crippen LogP) is 5.86. The highest BCUT2D eigenvalue weighted by molar-refractivity contribution is 7.92. The Bertz CT molecular complexity index is 1510. The maximum Gasteiger partial charge on any atom is 0.298 e. The van der Waals surface area contributed by atoms with Crippen LogP contribution in [0.4, 0.5) is 5.69 Å². The third-order valence-corrected chi connectivity index (χ3v) is 10.1. The molecular weight excluding hydrogens is 518 g/mol. The summed E-state index contributed by atoms with van der Waals surface area (Å²) in [6.07, 6.45) is 2.57. The molecule has 0 spiro atoms. The zero-order valence-corrected chi connectivity index (χ0v) is 23.6. The topological polar surface area (TPSA) is 80.8 Å². The SMILES string of the molecule is Cc1ccc(S(=O)(=O)OC(C#CCN(c2ccccc2)S(=O)(=O)c2ccc(C)cc2)C2(C)CCCC2)cc1. The van der Waals surface area contributed by atoms with Crippen LogP contribution in [-0.2, 0) is 24.3 Å². The van der Waals surface area contributed by atoms with Gasteiger partial charge in [-0.25, -0.2) is 12.6 Å². The van der Waals surface area contributed by atoms with Crippen LogP contribution in [0.15, 0.2) is 88.7 Å². The van der Waals surface area contributed by atoms with E-state index in [-0.39, 0.29) is 16.3 Å². The number of hydrogen-bond acceptors (Lipinski definition) is 5. The van der Waals surface area contributed by atoms with Gasteiger partial charge in [-0.05, 0) is 63.1 Å². The van der Waals surface area contributed by atoms with Crippen LogP contribution >= 0.6 is 0 Å². The van der Waals surface area contributed by atoms with E-state index in [0.29, 0.717) is 5.69 Å². The van der Waals surface area contributed by atoms with Gasteiger partial charge < -0.3 is 0 Å². The van der Waals surface area contributed by atoms with Gasteiger partial charge in [-0.15, -0.1) is 0 Å². The van der Waals surface area contributed by atoms with Gasteiger partial charge in [0.15, 0.2) is 0 Å². The maximum absolute atomic E-state index is 13.6. The lowest BCUT2D eigenvalue weighted by Gasteiger charge is -2.29. The molecule has 8 heteroatoms. The molecule has 0 bridgehead atoms. The quantitative estimate of drug-likeness (QED) is 0.259. The Morgan fingerprint density at radius 2 is 1.34 bits per heavy atom. The van der Waals surface area contributed by atoms with Crippen molar-refractivity contribution < 1.29 is 21.0 Å². The van der Waals surface area contributed by atoms with Gasteiger partial charge in [0.05, 0.1) is 22.0 Å². The van der Waals surface area contributed by atoms with E-state index >= 15 is 0 Å². The monoisotopic (exact) mass is 551 g/mol. The minimum Gasteiger partial charge on any atom is -0.254 e. The van der Waals surface area contributed by atoms with Gasteiger partial charge in [-0.1, -0.05) is 85.2 Å². The normalized spacial score (nSPS) is 15.9. The van der Waals surface area contributed by atoms with Crippen LogP contribution in [0.1, 0.15) is 43.7 Å². The molecule has 0 radical (unpaired) electrons. The fourth-order valence-electron chi connectivity index (χ4n) is 4.60. The molecule has 0 aliphatic heterocycles. The summed E-state index contributed by atoms with van der Waals surface area (Å²) >= 11 is 0. The molecule has 0 heterocycles. The zero-order chi connectivity index (χ0) is 27.4. The van der Waals surface area contributed by atoms with Gasteiger partial charge >= 0.3 is 0 Å². The van der Waals surface area contributed by atoms with Crippen molar-refractivity contribution in [3.8, 4) is 11.8 Å². The summed E-state index contributed by atoms with van der Waals surface area (Å²) in [5.74, 6) is 5.98. The molecule has 1 saturated carbocycles. The second kappa shape index (κ2) is 11.3. The average Bonchev–Trinajstić information content (AvgIpc) is 3.34. The van der Waals surface area contributed by atoms with Crippen LogP contribution < -0.4 is 4.31 Å². The molecule has 4 rings (SSSR count). The van der Waals surface area contributed by atoms with Crippen molar-refractivity contribution in [1.82, 2.24) is 0 Å². The molecule has 0 aromatic heterocycles. The average molecular weight is 552 g/mol. The number of aryl methyl sites for hydroxylation is 2. The predicted molar refractivity (Wildman–Crippen MR) is 150 cm³/mol. The summed E-state index contributed by atoms with van der Waals surface area (Å²) in [7, 11) is -7.98. The van der Waals surface area contributed by atoms with Gasteiger partial charge in [-0.2, -0.15) is 8.42 Å². The Balaban J connectivity index is 1.67. The van der Waals surface area contributed by atoms with Crippen LogP contribution in [-0.4, -0.2) is 29.5 Å². The molecule has 1 unspecified atom stereocenters. The molecule has 0 amide bonds. The first-order valence-electron chi connectivity index (χ1n) is 12.6. The van der Waals surface area contributed by atoms with Gasteiger partial charge in [0, 0.05) is 5.41 Å². The molecule has 1 atom stereocenters. The third-order valence-electron chi connectivity index (χ3n) is 7.02. The minimum atomic E-state index is -4.06. The number of nitrogens with zero attached hydrogens (tertiary/aromatic N) is 1. The molecule has 0 N–H and O–H groups in total. The molecule has 200 valence electrons. The van der Waals surface area contributed by atoms with Crippen molar-refractivity contribution in [2.45, 2.75) is 62.3 Å². The molecule has 1 aliphatic rings. The number of rotatable bonds is 8. The minimum absolute atomic E-state index is 0.0735. The summed E-state index contributed by atoms with van der Waals surface area (Å²) in [6.45, 7) is 5.61. The zero-order valence-electron chi connectivity index (χ0n) is 21.9. The summed E-state index contributed by atoms with van der Waals surface area (Å²) in [6, 6.07) is 21.9. The maximum atomic E-state index is 13.6. The standard InChI is InChI=1S/C30H33NO5S2/c1-24-13-17-27(18-14-24)37(32,33)31(26-10-5-4-6-11-26)23-9-12-29(30(3)21-7-8-22-30)36-38(34,35)28-19-15-25(2)16-20-28/h4-6,10-11,13-20,29H,7-8,21-23H2,1-3H3. The van der Waals surface area contributed by atoms with E-state index in [1.807, 2.05) is 26.8 Å². The highest BCUT2D eigenvalue weighted by Crippen LogP contribution is 2.42. The van der Waals surface area contributed by atoms with Crippen molar-refractivity contribution in [2.75, 3.05) is 10.8 Å². The summed E-state index contributed by atoms with van der Waals surface area (Å²) < 4.78 is 60.5. The van der Waals surface area contributed by atoms with Gasteiger partial charge in [0.25, 0.3) is 20.1 Å². The second-order valence-corrected chi connectivity index (χ2v) is 13.5. The Morgan fingerprint density at radius 3 is 1.89 bits per heavy atom. The van der Waals surface area contributed by atoms with E-state index < -0.39 is 31.7 Å². The fourth-order valence-corrected chi connectivity index (χ4v) is 7.09. The van der Waals surface area contributed by atoms with Crippen LogP contribution in [0.25, 0.3) is 0 Å². The molecule has 3 aromatic carbocycles. The Labute approximate surface area is 226 Å². The third kappa shape index (κ3) is 6.29. The van der Waals surface area contributed by atoms with Crippen molar-refractivity contribution in [2.24, 2.45) is 5.41 Å². The summed E-state index contributed by atoms with van der Waals surface area (Å²) in [5.41, 5.74) is 1.91. The lowest BCUT2D eigenvalue weighted by atomic mass is 9.83. The van der Waals surface area contributed by atoms with Crippen molar-refractivity contribution in [3.63, 3.8) is 0 Å². The number of sulfonamides is 1. The summed E-state index contributed by atoms with van der Waals surface area (Å²) in [4.78, 5) is 0.232. The first kappa shape index (κ1) is 27.9. The van der Waals surface area contributed by atoms with Crippen molar-refractivity contribution >= 4 is 25.8 Å². The first-order chi connectivity index (χ1) is 18.0.